The molecule has 0 saturated carbocycles. The van der Waals surface area contributed by atoms with E-state index in [2.05, 4.69) is 9.88 Å². The van der Waals surface area contributed by atoms with Gasteiger partial charge < -0.3 is 9.80 Å². The molecule has 2 aromatic carbocycles. The van der Waals surface area contributed by atoms with E-state index in [-0.39, 0.29) is 18.0 Å². The highest BCUT2D eigenvalue weighted by Crippen LogP contribution is 2.21. The van der Waals surface area contributed by atoms with Crippen LogP contribution in [0.15, 0.2) is 71.8 Å². The first-order chi connectivity index (χ1) is 14.1. The number of anilines is 1. The highest BCUT2D eigenvalue weighted by molar-refractivity contribution is 6.30. The lowest BCUT2D eigenvalue weighted by Gasteiger charge is -2.36. The lowest BCUT2D eigenvalue weighted by molar-refractivity contribution is -0.132. The fourth-order valence-corrected chi connectivity index (χ4v) is 3.63. The number of aromatic nitrogens is 2. The molecule has 1 aliphatic rings. The Morgan fingerprint density at radius 3 is 2.41 bits per heavy atom. The molecule has 0 N–H and O–H groups in total. The molecule has 0 radical (unpaired) electrons. The van der Waals surface area contributed by atoms with Gasteiger partial charge in [0.2, 0.25) is 5.91 Å². The Bertz CT molecular complexity index is 1060. The molecule has 6 nitrogen and oxygen atoms in total. The minimum atomic E-state index is -0.232. The summed E-state index contributed by atoms with van der Waals surface area (Å²) in [5.41, 5.74) is 2.31. The molecule has 148 valence electrons. The molecule has 0 spiro atoms. The van der Waals surface area contributed by atoms with Crippen LogP contribution < -0.4 is 10.5 Å². The van der Waals surface area contributed by atoms with Crippen molar-refractivity contribution in [2.75, 3.05) is 31.1 Å². The maximum Gasteiger partial charge on any atom is 0.254 e. The van der Waals surface area contributed by atoms with Gasteiger partial charge in [0.15, 0.2) is 0 Å². The molecule has 7 heteroatoms. The summed E-state index contributed by atoms with van der Waals surface area (Å²) in [6, 6.07) is 18.7. The molecule has 0 atom stereocenters. The van der Waals surface area contributed by atoms with Gasteiger partial charge >= 0.3 is 0 Å². The minimum absolute atomic E-state index is 0.00192. The van der Waals surface area contributed by atoms with Crippen molar-refractivity contribution in [3.05, 3.63) is 82.4 Å². The maximum absolute atomic E-state index is 12.7. The number of nitrogens with zero attached hydrogens (tertiary/aromatic N) is 4. The van der Waals surface area contributed by atoms with E-state index in [1.54, 1.807) is 4.90 Å². The number of hydrogen-bond acceptors (Lipinski definition) is 4. The molecule has 0 aliphatic carbocycles. The fraction of sp³-hybridized carbons (Fsp3) is 0.227. The number of hydrogen-bond donors (Lipinski definition) is 0. The monoisotopic (exact) mass is 408 g/mol. The van der Waals surface area contributed by atoms with E-state index in [1.165, 1.54) is 17.0 Å². The van der Waals surface area contributed by atoms with Crippen LogP contribution in [0.25, 0.3) is 11.3 Å². The standard InChI is InChI=1S/C22H21ClN4O2/c23-18-7-4-8-19(13-18)25-9-11-26(12-10-25)22(29)15-27-16-24-20(14-21(27)28)17-5-2-1-3-6-17/h1-8,13-14,16H,9-12,15H2. The number of rotatable bonds is 4. The van der Waals surface area contributed by atoms with Crippen LogP contribution in [0, 0.1) is 0 Å². The van der Waals surface area contributed by atoms with Crippen LogP contribution in [0.5, 0.6) is 0 Å². The zero-order valence-corrected chi connectivity index (χ0v) is 16.6. The summed E-state index contributed by atoms with van der Waals surface area (Å²) in [7, 11) is 0. The van der Waals surface area contributed by atoms with Gasteiger partial charge in [0.1, 0.15) is 6.54 Å². The normalized spacial score (nSPS) is 14.1. The van der Waals surface area contributed by atoms with Crippen LogP contribution in [0.4, 0.5) is 5.69 Å². The van der Waals surface area contributed by atoms with Gasteiger partial charge in [-0.2, -0.15) is 0 Å². The average Bonchev–Trinajstić information content (AvgIpc) is 2.76. The predicted octanol–water partition coefficient (Wildman–Crippen LogP) is 2.91. The third kappa shape index (κ3) is 4.49. The van der Waals surface area contributed by atoms with Gasteiger partial charge in [0, 0.05) is 48.5 Å². The van der Waals surface area contributed by atoms with Gasteiger partial charge in [0.25, 0.3) is 5.56 Å². The quantitative estimate of drug-likeness (QED) is 0.666. The van der Waals surface area contributed by atoms with Crippen molar-refractivity contribution in [1.29, 1.82) is 0 Å². The lowest BCUT2D eigenvalue weighted by Crippen LogP contribution is -2.50. The average molecular weight is 409 g/mol. The van der Waals surface area contributed by atoms with E-state index in [4.69, 9.17) is 11.6 Å². The van der Waals surface area contributed by atoms with Crippen molar-refractivity contribution in [2.45, 2.75) is 6.54 Å². The number of benzene rings is 2. The van der Waals surface area contributed by atoms with Crippen LogP contribution in [0.1, 0.15) is 0 Å². The van der Waals surface area contributed by atoms with E-state index in [0.717, 1.165) is 24.3 Å². The predicted molar refractivity (Wildman–Crippen MR) is 114 cm³/mol. The third-order valence-corrected chi connectivity index (χ3v) is 5.30. The molecule has 1 amide bonds. The largest absolute Gasteiger partial charge is 0.368 e. The first-order valence-corrected chi connectivity index (χ1v) is 9.88. The van der Waals surface area contributed by atoms with Crippen molar-refractivity contribution in [2.24, 2.45) is 0 Å². The maximum atomic E-state index is 12.7. The van der Waals surface area contributed by atoms with E-state index in [1.807, 2.05) is 54.6 Å². The first-order valence-electron chi connectivity index (χ1n) is 9.50. The third-order valence-electron chi connectivity index (χ3n) is 5.06. The molecule has 1 aliphatic heterocycles. The Labute approximate surface area is 174 Å². The van der Waals surface area contributed by atoms with E-state index in [0.29, 0.717) is 23.8 Å². The smallest absolute Gasteiger partial charge is 0.254 e. The summed E-state index contributed by atoms with van der Waals surface area (Å²) in [5, 5.41) is 0.701. The van der Waals surface area contributed by atoms with Crippen LogP contribution in [0.3, 0.4) is 0 Å². The number of amides is 1. The molecule has 0 unspecified atom stereocenters. The van der Waals surface area contributed by atoms with Gasteiger partial charge in [-0.05, 0) is 18.2 Å². The van der Waals surface area contributed by atoms with Gasteiger partial charge in [-0.3, -0.25) is 14.2 Å². The fourth-order valence-electron chi connectivity index (χ4n) is 3.44. The second kappa shape index (κ2) is 8.49. The first kappa shape index (κ1) is 19.2. The van der Waals surface area contributed by atoms with Gasteiger partial charge in [0.05, 0.1) is 12.0 Å². The number of halogens is 1. The van der Waals surface area contributed by atoms with E-state index < -0.39 is 0 Å². The minimum Gasteiger partial charge on any atom is -0.368 e. The topological polar surface area (TPSA) is 58.4 Å². The Balaban J connectivity index is 1.38. The van der Waals surface area contributed by atoms with Crippen molar-refractivity contribution in [3.63, 3.8) is 0 Å². The Hall–Kier alpha value is -3.12. The summed E-state index contributed by atoms with van der Waals surface area (Å²) in [6.45, 7) is 2.67. The Morgan fingerprint density at radius 2 is 1.72 bits per heavy atom. The van der Waals surface area contributed by atoms with Crippen molar-refractivity contribution < 1.29 is 4.79 Å². The highest BCUT2D eigenvalue weighted by Gasteiger charge is 2.22. The van der Waals surface area contributed by atoms with Crippen LogP contribution in [0.2, 0.25) is 5.02 Å². The Kier molecular flexibility index (Phi) is 5.62. The molecule has 29 heavy (non-hydrogen) atoms. The van der Waals surface area contributed by atoms with E-state index >= 15 is 0 Å². The molecule has 4 rings (SSSR count). The van der Waals surface area contributed by atoms with Crippen LogP contribution in [-0.2, 0) is 11.3 Å². The second-order valence-electron chi connectivity index (χ2n) is 6.95. The number of carbonyl (C=O) groups is 1. The van der Waals surface area contributed by atoms with Gasteiger partial charge in [-0.1, -0.05) is 48.0 Å². The van der Waals surface area contributed by atoms with Crippen molar-refractivity contribution >= 4 is 23.2 Å². The molecule has 2 heterocycles. The molecular formula is C22H21ClN4O2. The summed E-state index contributed by atoms with van der Waals surface area (Å²) in [6.07, 6.45) is 1.45. The number of piperazine rings is 1. The summed E-state index contributed by atoms with van der Waals surface area (Å²) in [4.78, 5) is 33.4. The van der Waals surface area contributed by atoms with Gasteiger partial charge in [-0.15, -0.1) is 0 Å². The molecule has 0 bridgehead atoms. The molecule has 1 aromatic heterocycles. The summed E-state index contributed by atoms with van der Waals surface area (Å²) < 4.78 is 1.36. The van der Waals surface area contributed by atoms with E-state index in [9.17, 15) is 9.59 Å². The zero-order chi connectivity index (χ0) is 20.2. The molecular weight excluding hydrogens is 388 g/mol. The van der Waals surface area contributed by atoms with Crippen LogP contribution >= 0.6 is 11.6 Å². The summed E-state index contributed by atoms with van der Waals surface area (Å²) in [5.74, 6) is -0.0768. The zero-order valence-electron chi connectivity index (χ0n) is 15.9. The SMILES string of the molecule is O=C(Cn1cnc(-c2ccccc2)cc1=O)N1CCN(c2cccc(Cl)c2)CC1. The second-order valence-corrected chi connectivity index (χ2v) is 7.39. The molecule has 3 aromatic rings. The molecule has 1 saturated heterocycles. The highest BCUT2D eigenvalue weighted by atomic mass is 35.5. The van der Waals surface area contributed by atoms with Gasteiger partial charge in [-0.25, -0.2) is 4.98 Å². The number of carbonyl (C=O) groups excluding carboxylic acids is 1. The lowest BCUT2D eigenvalue weighted by atomic mass is 10.1. The van der Waals surface area contributed by atoms with Crippen LogP contribution in [-0.4, -0.2) is 46.5 Å². The summed E-state index contributed by atoms with van der Waals surface area (Å²) >= 11 is 6.07. The van der Waals surface area contributed by atoms with Crippen molar-refractivity contribution in [3.8, 4) is 11.3 Å². The molecule has 1 fully saturated rings. The Morgan fingerprint density at radius 1 is 0.966 bits per heavy atom. The van der Waals surface area contributed by atoms with Crippen molar-refractivity contribution in [1.82, 2.24) is 14.5 Å².